The lowest BCUT2D eigenvalue weighted by Gasteiger charge is -1.95. The van der Waals surface area contributed by atoms with Crippen LogP contribution in [0.15, 0.2) is 30.8 Å². The van der Waals surface area contributed by atoms with Crippen molar-refractivity contribution in [2.24, 2.45) is 0 Å². The summed E-state index contributed by atoms with van der Waals surface area (Å²) in [4.78, 5) is 0. The van der Waals surface area contributed by atoms with Gasteiger partial charge in [0.15, 0.2) is 0 Å². The lowest BCUT2D eigenvalue weighted by molar-refractivity contribution is 0.282. The molecule has 1 heteroatoms. The van der Waals surface area contributed by atoms with Crippen molar-refractivity contribution in [1.82, 2.24) is 0 Å². The average molecular weight is 150 g/mol. The van der Waals surface area contributed by atoms with Crippen LogP contribution in [0.25, 0.3) is 6.08 Å². The molecule has 0 spiro atoms. The van der Waals surface area contributed by atoms with Crippen molar-refractivity contribution in [3.05, 3.63) is 42.0 Å². The summed E-state index contributed by atoms with van der Waals surface area (Å²) in [5, 5.41) is 8.72. The second-order valence-electron chi connectivity index (χ2n) is 2.11. The van der Waals surface area contributed by atoms with Crippen molar-refractivity contribution in [2.75, 3.05) is 0 Å². The monoisotopic (exact) mass is 150 g/mol. The molecule has 1 nitrogen and oxygen atoms in total. The van der Waals surface area contributed by atoms with Gasteiger partial charge in [0, 0.05) is 0 Å². The van der Waals surface area contributed by atoms with Gasteiger partial charge >= 0.3 is 0 Å². The van der Waals surface area contributed by atoms with Gasteiger partial charge in [0.25, 0.3) is 0 Å². The van der Waals surface area contributed by atoms with Gasteiger partial charge < -0.3 is 5.11 Å². The molecule has 0 atom stereocenters. The van der Waals surface area contributed by atoms with Crippen molar-refractivity contribution < 1.29 is 5.11 Å². The van der Waals surface area contributed by atoms with Crippen LogP contribution in [0, 0.1) is 0 Å². The maximum atomic E-state index is 8.72. The normalized spacial score (nSPS) is 8.45. The third-order valence-corrected chi connectivity index (χ3v) is 1.37. The van der Waals surface area contributed by atoms with Gasteiger partial charge in [-0.25, -0.2) is 0 Å². The number of hydrogen-bond acceptors (Lipinski definition) is 1. The van der Waals surface area contributed by atoms with Crippen LogP contribution >= 0.6 is 0 Å². The summed E-state index contributed by atoms with van der Waals surface area (Å²) in [5.41, 5.74) is 1.98. The Morgan fingerprint density at radius 2 is 2.18 bits per heavy atom. The van der Waals surface area contributed by atoms with E-state index in [-0.39, 0.29) is 14.0 Å². The smallest absolute Gasteiger partial charge is 0.0682 e. The van der Waals surface area contributed by atoms with Crippen molar-refractivity contribution in [1.29, 1.82) is 0 Å². The summed E-state index contributed by atoms with van der Waals surface area (Å²) in [6.45, 7) is 3.72. The molecular weight excluding hydrogens is 136 g/mol. The standard InChI is InChI=1S/C9H10O.CH4/c1-2-8-4-3-5-9(6-8)7-10;/h2-6,10H,1,7H2;1H4. The Morgan fingerprint density at radius 1 is 1.45 bits per heavy atom. The first-order chi connectivity index (χ1) is 4.86. The Labute approximate surface area is 68.0 Å². The van der Waals surface area contributed by atoms with Gasteiger partial charge in [-0.3, -0.25) is 0 Å². The van der Waals surface area contributed by atoms with Gasteiger partial charge in [-0.1, -0.05) is 38.3 Å². The zero-order valence-electron chi connectivity index (χ0n) is 5.75. The van der Waals surface area contributed by atoms with Crippen LogP contribution < -0.4 is 0 Å². The van der Waals surface area contributed by atoms with E-state index in [1.165, 1.54) is 0 Å². The second kappa shape index (κ2) is 4.69. The minimum atomic E-state index is 0. The molecule has 1 rings (SSSR count). The SMILES string of the molecule is C.C=Cc1cccc(CO)c1. The maximum Gasteiger partial charge on any atom is 0.0682 e. The highest BCUT2D eigenvalue weighted by molar-refractivity contribution is 5.47. The molecule has 0 heterocycles. The van der Waals surface area contributed by atoms with Gasteiger partial charge in [-0.15, -0.1) is 0 Å². The minimum absolute atomic E-state index is 0. The van der Waals surface area contributed by atoms with E-state index in [9.17, 15) is 0 Å². The van der Waals surface area contributed by atoms with Crippen molar-refractivity contribution in [3.63, 3.8) is 0 Å². The summed E-state index contributed by atoms with van der Waals surface area (Å²) in [7, 11) is 0. The molecule has 1 N–H and O–H groups in total. The van der Waals surface area contributed by atoms with Crippen LogP contribution in [0.3, 0.4) is 0 Å². The van der Waals surface area contributed by atoms with E-state index in [0.717, 1.165) is 11.1 Å². The molecule has 0 bridgehead atoms. The van der Waals surface area contributed by atoms with Crippen LogP contribution in [-0.2, 0) is 6.61 Å². The van der Waals surface area contributed by atoms with Gasteiger partial charge in [0.2, 0.25) is 0 Å². The van der Waals surface area contributed by atoms with Crippen molar-refractivity contribution in [3.8, 4) is 0 Å². The molecule has 0 saturated heterocycles. The fraction of sp³-hybridized carbons (Fsp3) is 0.200. The second-order valence-corrected chi connectivity index (χ2v) is 2.11. The van der Waals surface area contributed by atoms with E-state index in [1.54, 1.807) is 6.08 Å². The van der Waals surface area contributed by atoms with Gasteiger partial charge in [0.1, 0.15) is 0 Å². The first-order valence-electron chi connectivity index (χ1n) is 3.19. The topological polar surface area (TPSA) is 20.2 Å². The predicted molar refractivity (Wildman–Crippen MR) is 49.2 cm³/mol. The van der Waals surface area contributed by atoms with E-state index in [2.05, 4.69) is 6.58 Å². The van der Waals surface area contributed by atoms with Crippen LogP contribution in [0.4, 0.5) is 0 Å². The largest absolute Gasteiger partial charge is 0.392 e. The predicted octanol–water partition coefficient (Wildman–Crippen LogP) is 2.46. The Kier molecular flexibility index (Phi) is 4.23. The van der Waals surface area contributed by atoms with Crippen LogP contribution in [0.2, 0.25) is 0 Å². The first kappa shape index (κ1) is 9.92. The average Bonchev–Trinajstić information content (AvgIpc) is 2.05. The Bertz CT molecular complexity index is 228. The molecular formula is C10H14O. The van der Waals surface area contributed by atoms with E-state index in [0.29, 0.717) is 0 Å². The molecule has 0 aliphatic heterocycles. The number of rotatable bonds is 2. The Balaban J connectivity index is 0.000001000. The molecule has 1 aromatic rings. The van der Waals surface area contributed by atoms with E-state index in [4.69, 9.17) is 5.11 Å². The molecule has 0 amide bonds. The maximum absolute atomic E-state index is 8.72. The fourth-order valence-corrected chi connectivity index (χ4v) is 0.818. The molecule has 0 aliphatic rings. The Hall–Kier alpha value is -1.08. The third kappa shape index (κ3) is 2.56. The summed E-state index contributed by atoms with van der Waals surface area (Å²) in [6, 6.07) is 7.65. The molecule has 11 heavy (non-hydrogen) atoms. The summed E-state index contributed by atoms with van der Waals surface area (Å²) in [6.07, 6.45) is 1.76. The molecule has 0 saturated carbocycles. The minimum Gasteiger partial charge on any atom is -0.392 e. The van der Waals surface area contributed by atoms with Gasteiger partial charge in [0.05, 0.1) is 6.61 Å². The quantitative estimate of drug-likeness (QED) is 0.686. The molecule has 1 aromatic carbocycles. The third-order valence-electron chi connectivity index (χ3n) is 1.37. The van der Waals surface area contributed by atoms with Crippen LogP contribution in [0.1, 0.15) is 18.6 Å². The lowest BCUT2D eigenvalue weighted by atomic mass is 10.1. The number of aliphatic hydroxyl groups excluding tert-OH is 1. The molecule has 0 aliphatic carbocycles. The van der Waals surface area contributed by atoms with E-state index >= 15 is 0 Å². The summed E-state index contributed by atoms with van der Waals surface area (Å²) >= 11 is 0. The molecule has 0 radical (unpaired) electrons. The molecule has 60 valence electrons. The van der Waals surface area contributed by atoms with Gasteiger partial charge in [-0.2, -0.15) is 0 Å². The zero-order valence-corrected chi connectivity index (χ0v) is 5.75. The first-order valence-corrected chi connectivity index (χ1v) is 3.19. The highest BCUT2D eigenvalue weighted by atomic mass is 16.3. The molecule has 0 unspecified atom stereocenters. The molecule has 0 fully saturated rings. The summed E-state index contributed by atoms with van der Waals surface area (Å²) in [5.74, 6) is 0. The van der Waals surface area contributed by atoms with Crippen LogP contribution in [-0.4, -0.2) is 5.11 Å². The fourth-order valence-electron chi connectivity index (χ4n) is 0.818. The summed E-state index contributed by atoms with van der Waals surface area (Å²) < 4.78 is 0. The molecule has 0 aromatic heterocycles. The van der Waals surface area contributed by atoms with E-state index < -0.39 is 0 Å². The number of hydrogen-bond donors (Lipinski definition) is 1. The van der Waals surface area contributed by atoms with Crippen LogP contribution in [0.5, 0.6) is 0 Å². The lowest BCUT2D eigenvalue weighted by Crippen LogP contribution is -1.81. The van der Waals surface area contributed by atoms with Crippen molar-refractivity contribution >= 4 is 6.08 Å². The Morgan fingerprint density at radius 3 is 2.73 bits per heavy atom. The number of benzene rings is 1. The highest BCUT2D eigenvalue weighted by Crippen LogP contribution is 2.05. The zero-order chi connectivity index (χ0) is 7.40. The van der Waals surface area contributed by atoms with Crippen molar-refractivity contribution in [2.45, 2.75) is 14.0 Å². The number of aliphatic hydroxyl groups is 1. The van der Waals surface area contributed by atoms with Gasteiger partial charge in [-0.05, 0) is 17.2 Å². The van der Waals surface area contributed by atoms with E-state index in [1.807, 2.05) is 24.3 Å². The highest BCUT2D eigenvalue weighted by Gasteiger charge is 1.88.